The highest BCUT2D eigenvalue weighted by atomic mass is 19.4. The minimum Gasteiger partial charge on any atom is -0.290 e. The van der Waals surface area contributed by atoms with Crippen molar-refractivity contribution in [2.24, 2.45) is 0 Å². The number of rotatable bonds is 4. The van der Waals surface area contributed by atoms with E-state index in [1.807, 2.05) is 33.0 Å². The summed E-state index contributed by atoms with van der Waals surface area (Å²) in [6, 6.07) is 4.80. The van der Waals surface area contributed by atoms with Gasteiger partial charge in [0.05, 0.1) is 11.7 Å². The Morgan fingerprint density at radius 3 is 2.72 bits per heavy atom. The number of fused-ring (bicyclic) bond motifs is 1. The van der Waals surface area contributed by atoms with E-state index in [9.17, 15) is 13.2 Å². The van der Waals surface area contributed by atoms with Crippen molar-refractivity contribution in [1.82, 2.24) is 24.5 Å². The van der Waals surface area contributed by atoms with Crippen molar-refractivity contribution in [2.75, 3.05) is 6.54 Å². The van der Waals surface area contributed by atoms with Crippen LogP contribution in [0, 0.1) is 6.92 Å². The Morgan fingerprint density at radius 1 is 1.24 bits per heavy atom. The van der Waals surface area contributed by atoms with Gasteiger partial charge in [-0.3, -0.25) is 9.88 Å². The molecule has 5 nitrogen and oxygen atoms in total. The summed E-state index contributed by atoms with van der Waals surface area (Å²) in [4.78, 5) is 10.8. The molecule has 0 aliphatic carbocycles. The maximum atomic E-state index is 13.7. The first-order chi connectivity index (χ1) is 13.7. The fourth-order valence-corrected chi connectivity index (χ4v) is 3.92. The summed E-state index contributed by atoms with van der Waals surface area (Å²) in [7, 11) is 0. The standard InChI is InChI=1S/C21H24F3N5/c1-13(2)16-9-19(21(22,23)24)29-20(26-16)10-17(27-29)18-5-4-8-28(18)12-15-6-7-25-11-14(15)3/h6-7,9-11,13,18H,4-5,8,12H2,1-3H3. The highest BCUT2D eigenvalue weighted by Crippen LogP contribution is 2.35. The van der Waals surface area contributed by atoms with Gasteiger partial charge in [0.15, 0.2) is 5.65 Å². The van der Waals surface area contributed by atoms with Crippen LogP contribution in [-0.4, -0.2) is 31.0 Å². The number of halogens is 3. The van der Waals surface area contributed by atoms with E-state index in [-0.39, 0.29) is 17.6 Å². The SMILES string of the molecule is Cc1cnccc1CN1CCCC1c1cc2nc(C(C)C)cc(C(F)(F)F)n2n1. The first-order valence-corrected chi connectivity index (χ1v) is 9.85. The number of alkyl halides is 3. The molecule has 1 saturated heterocycles. The summed E-state index contributed by atoms with van der Waals surface area (Å²) in [6.45, 7) is 7.31. The minimum atomic E-state index is -4.49. The molecule has 29 heavy (non-hydrogen) atoms. The Kier molecular flexibility index (Phi) is 5.06. The van der Waals surface area contributed by atoms with Crippen LogP contribution in [0.1, 0.15) is 66.9 Å². The smallest absolute Gasteiger partial charge is 0.290 e. The zero-order valence-electron chi connectivity index (χ0n) is 16.7. The zero-order valence-corrected chi connectivity index (χ0v) is 16.7. The van der Waals surface area contributed by atoms with Crippen molar-refractivity contribution >= 4 is 5.65 Å². The molecule has 0 saturated carbocycles. The predicted molar refractivity (Wildman–Crippen MR) is 103 cm³/mol. The molecule has 1 unspecified atom stereocenters. The van der Waals surface area contributed by atoms with Gasteiger partial charge in [-0.2, -0.15) is 18.3 Å². The normalized spacial score (nSPS) is 18.2. The van der Waals surface area contributed by atoms with Gasteiger partial charge >= 0.3 is 6.18 Å². The fraction of sp³-hybridized carbons (Fsp3) is 0.476. The van der Waals surface area contributed by atoms with Crippen molar-refractivity contribution in [3.63, 3.8) is 0 Å². The van der Waals surface area contributed by atoms with Crippen LogP contribution >= 0.6 is 0 Å². The zero-order chi connectivity index (χ0) is 20.8. The van der Waals surface area contributed by atoms with Crippen LogP contribution in [0.3, 0.4) is 0 Å². The number of hydrogen-bond donors (Lipinski definition) is 0. The van der Waals surface area contributed by atoms with Crippen LogP contribution in [0.2, 0.25) is 0 Å². The van der Waals surface area contributed by atoms with Gasteiger partial charge in [0, 0.05) is 30.7 Å². The summed E-state index contributed by atoms with van der Waals surface area (Å²) in [5.41, 5.74) is 2.83. The van der Waals surface area contributed by atoms with Crippen LogP contribution in [0.4, 0.5) is 13.2 Å². The molecule has 154 valence electrons. The molecule has 1 fully saturated rings. The van der Waals surface area contributed by atoms with Crippen LogP contribution < -0.4 is 0 Å². The fourth-order valence-electron chi connectivity index (χ4n) is 3.92. The first kappa shape index (κ1) is 19.8. The summed E-state index contributed by atoms with van der Waals surface area (Å²) in [5.74, 6) is -0.0999. The van der Waals surface area contributed by atoms with Crippen LogP contribution in [0.5, 0.6) is 0 Å². The molecule has 1 aliphatic rings. The van der Waals surface area contributed by atoms with E-state index in [4.69, 9.17) is 0 Å². The topological polar surface area (TPSA) is 46.3 Å². The number of pyridine rings is 1. The van der Waals surface area contributed by atoms with Crippen molar-refractivity contribution in [3.8, 4) is 0 Å². The van der Waals surface area contributed by atoms with Crippen LogP contribution in [-0.2, 0) is 12.7 Å². The highest BCUT2D eigenvalue weighted by Gasteiger charge is 2.36. The third-order valence-electron chi connectivity index (χ3n) is 5.56. The lowest BCUT2D eigenvalue weighted by Crippen LogP contribution is -2.23. The van der Waals surface area contributed by atoms with Gasteiger partial charge in [-0.25, -0.2) is 9.50 Å². The average molecular weight is 403 g/mol. The monoisotopic (exact) mass is 403 g/mol. The summed E-state index contributed by atoms with van der Waals surface area (Å²) in [6.07, 6.45) is 0.965. The van der Waals surface area contributed by atoms with Gasteiger partial charge in [0.25, 0.3) is 0 Å². The van der Waals surface area contributed by atoms with Crippen LogP contribution in [0.15, 0.2) is 30.6 Å². The lowest BCUT2D eigenvalue weighted by atomic mass is 10.1. The molecule has 8 heteroatoms. The van der Waals surface area contributed by atoms with E-state index in [0.29, 0.717) is 11.4 Å². The Balaban J connectivity index is 1.72. The molecule has 4 rings (SSSR count). The van der Waals surface area contributed by atoms with Gasteiger partial charge < -0.3 is 0 Å². The molecule has 4 heterocycles. The molecule has 1 aliphatic heterocycles. The lowest BCUT2D eigenvalue weighted by molar-refractivity contribution is -0.142. The van der Waals surface area contributed by atoms with E-state index in [2.05, 4.69) is 20.0 Å². The second kappa shape index (κ2) is 7.40. The Bertz CT molecular complexity index is 1020. The average Bonchev–Trinajstić information content (AvgIpc) is 3.27. The number of likely N-dealkylation sites (tertiary alicyclic amines) is 1. The number of aryl methyl sites for hydroxylation is 1. The molecule has 0 bridgehead atoms. The molecule has 3 aromatic heterocycles. The first-order valence-electron chi connectivity index (χ1n) is 9.85. The van der Waals surface area contributed by atoms with Gasteiger partial charge in [-0.15, -0.1) is 0 Å². The lowest BCUT2D eigenvalue weighted by Gasteiger charge is -2.23. The van der Waals surface area contributed by atoms with E-state index in [0.717, 1.165) is 42.1 Å². The third kappa shape index (κ3) is 3.85. The van der Waals surface area contributed by atoms with Gasteiger partial charge in [0.1, 0.15) is 5.69 Å². The number of aromatic nitrogens is 4. The second-order valence-corrected chi connectivity index (χ2v) is 7.99. The van der Waals surface area contributed by atoms with Crippen molar-refractivity contribution < 1.29 is 13.2 Å². The summed E-state index contributed by atoms with van der Waals surface area (Å²) < 4.78 is 41.9. The maximum absolute atomic E-state index is 13.7. The molecular weight excluding hydrogens is 379 g/mol. The van der Waals surface area contributed by atoms with Gasteiger partial charge in [-0.1, -0.05) is 13.8 Å². The quantitative estimate of drug-likeness (QED) is 0.621. The highest BCUT2D eigenvalue weighted by molar-refractivity contribution is 5.44. The number of hydrogen-bond acceptors (Lipinski definition) is 4. The predicted octanol–water partition coefficient (Wildman–Crippen LogP) is 4.91. The molecule has 0 N–H and O–H groups in total. The molecular formula is C21H24F3N5. The largest absolute Gasteiger partial charge is 0.433 e. The molecule has 3 aromatic rings. The molecule has 0 aromatic carbocycles. The second-order valence-electron chi connectivity index (χ2n) is 7.99. The Morgan fingerprint density at radius 2 is 2.03 bits per heavy atom. The van der Waals surface area contributed by atoms with Crippen molar-refractivity contribution in [3.05, 3.63) is 58.8 Å². The Hall–Kier alpha value is -2.48. The van der Waals surface area contributed by atoms with Crippen molar-refractivity contribution in [2.45, 2.75) is 58.3 Å². The van der Waals surface area contributed by atoms with E-state index < -0.39 is 11.9 Å². The Labute approximate surface area is 167 Å². The van der Waals surface area contributed by atoms with Crippen LogP contribution in [0.25, 0.3) is 5.65 Å². The molecule has 0 spiro atoms. The third-order valence-corrected chi connectivity index (χ3v) is 5.56. The summed E-state index contributed by atoms with van der Waals surface area (Å²) in [5, 5.41) is 4.36. The van der Waals surface area contributed by atoms with Crippen molar-refractivity contribution in [1.29, 1.82) is 0 Å². The van der Waals surface area contributed by atoms with E-state index >= 15 is 0 Å². The maximum Gasteiger partial charge on any atom is 0.433 e. The van der Waals surface area contributed by atoms with E-state index in [1.54, 1.807) is 12.3 Å². The van der Waals surface area contributed by atoms with Gasteiger partial charge in [0.2, 0.25) is 0 Å². The van der Waals surface area contributed by atoms with E-state index in [1.165, 1.54) is 5.56 Å². The molecule has 0 radical (unpaired) electrons. The summed E-state index contributed by atoms with van der Waals surface area (Å²) >= 11 is 0. The molecule has 0 amide bonds. The molecule has 1 atom stereocenters. The van der Waals surface area contributed by atoms with Gasteiger partial charge in [-0.05, 0) is 55.5 Å². The number of nitrogens with zero attached hydrogens (tertiary/aromatic N) is 5. The minimum absolute atomic E-state index is 0.0205.